The molecule has 1 unspecified atom stereocenters. The summed E-state index contributed by atoms with van der Waals surface area (Å²) in [5, 5.41) is 1.35. The van der Waals surface area contributed by atoms with Crippen molar-refractivity contribution in [2.75, 3.05) is 26.3 Å². The van der Waals surface area contributed by atoms with Gasteiger partial charge in [0.1, 0.15) is 5.69 Å². The lowest BCUT2D eigenvalue weighted by Crippen LogP contribution is -2.35. The van der Waals surface area contributed by atoms with Crippen LogP contribution < -0.4 is 0 Å². The number of nitrogens with one attached hydrogen (secondary N) is 1. The molecule has 0 aliphatic carbocycles. The summed E-state index contributed by atoms with van der Waals surface area (Å²) in [6, 6.07) is 5.77. The van der Waals surface area contributed by atoms with Gasteiger partial charge in [-0.05, 0) is 31.5 Å². The van der Waals surface area contributed by atoms with Gasteiger partial charge in [0.2, 0.25) is 0 Å². The number of hydrogen-bond donors (Lipinski definition) is 1. The fraction of sp³-hybridized carbons (Fsp3) is 0.438. The van der Waals surface area contributed by atoms with Crippen molar-refractivity contribution < 1.29 is 9.53 Å². The van der Waals surface area contributed by atoms with E-state index < -0.39 is 0 Å². The number of rotatable bonds is 4. The first-order valence-corrected chi connectivity index (χ1v) is 8.61. The van der Waals surface area contributed by atoms with Crippen molar-refractivity contribution in [3.8, 4) is 0 Å². The van der Waals surface area contributed by atoms with Crippen molar-refractivity contribution in [2.45, 2.75) is 13.3 Å². The van der Waals surface area contributed by atoms with Crippen LogP contribution in [-0.4, -0.2) is 42.1 Å². The predicted molar refractivity (Wildman–Crippen MR) is 91.5 cm³/mol. The van der Waals surface area contributed by atoms with Crippen LogP contribution in [0.1, 0.15) is 23.8 Å². The number of aromatic nitrogens is 1. The molecular formula is C16H18BrClN2O2. The molecule has 1 N–H and O–H groups in total. The molecule has 1 fully saturated rings. The van der Waals surface area contributed by atoms with Gasteiger partial charge in [-0.25, -0.2) is 0 Å². The Kier molecular flexibility index (Phi) is 4.76. The molecule has 1 amide bonds. The fourth-order valence-electron chi connectivity index (χ4n) is 2.83. The Morgan fingerprint density at radius 3 is 3.05 bits per heavy atom. The van der Waals surface area contributed by atoms with E-state index in [0.717, 1.165) is 35.0 Å². The summed E-state index contributed by atoms with van der Waals surface area (Å²) in [6.07, 6.45) is 1.01. The van der Waals surface area contributed by atoms with Gasteiger partial charge in [0.15, 0.2) is 0 Å². The third-order valence-electron chi connectivity index (χ3n) is 4.08. The molecular weight excluding hydrogens is 368 g/mol. The van der Waals surface area contributed by atoms with Crippen molar-refractivity contribution in [1.82, 2.24) is 9.88 Å². The van der Waals surface area contributed by atoms with Gasteiger partial charge in [-0.3, -0.25) is 4.79 Å². The van der Waals surface area contributed by atoms with Crippen LogP contribution in [0.2, 0.25) is 5.02 Å². The third-order valence-corrected chi connectivity index (χ3v) is 4.97. The Hall–Kier alpha value is -1.04. The molecule has 4 nitrogen and oxygen atoms in total. The zero-order chi connectivity index (χ0) is 15.7. The molecule has 0 radical (unpaired) electrons. The average molecular weight is 386 g/mol. The maximum Gasteiger partial charge on any atom is 0.271 e. The number of aromatic amines is 1. The summed E-state index contributed by atoms with van der Waals surface area (Å²) in [5.41, 5.74) is 1.34. The Balaban J connectivity index is 1.87. The van der Waals surface area contributed by atoms with E-state index in [2.05, 4.69) is 20.9 Å². The number of benzene rings is 1. The standard InChI is InChI=1S/C16H18BrClN2O2/c1-2-20(8-10-5-6-22-9-10)16(21)15-14(18)12-7-11(17)3-4-13(12)19-15/h3-4,7,10,19H,2,5-6,8-9H2,1H3. The highest BCUT2D eigenvalue weighted by Gasteiger charge is 2.25. The minimum Gasteiger partial charge on any atom is -0.381 e. The highest BCUT2D eigenvalue weighted by Crippen LogP contribution is 2.30. The molecule has 1 aromatic heterocycles. The number of ether oxygens (including phenoxy) is 1. The van der Waals surface area contributed by atoms with Gasteiger partial charge in [-0.15, -0.1) is 0 Å². The minimum atomic E-state index is -0.0493. The number of hydrogen-bond acceptors (Lipinski definition) is 2. The van der Waals surface area contributed by atoms with Crippen LogP contribution in [0, 0.1) is 5.92 Å². The van der Waals surface area contributed by atoms with E-state index in [1.807, 2.05) is 30.0 Å². The van der Waals surface area contributed by atoms with Crippen LogP contribution >= 0.6 is 27.5 Å². The van der Waals surface area contributed by atoms with Crippen LogP contribution in [0.15, 0.2) is 22.7 Å². The highest BCUT2D eigenvalue weighted by molar-refractivity contribution is 9.10. The second-order valence-corrected chi connectivity index (χ2v) is 6.87. The average Bonchev–Trinajstić information content (AvgIpc) is 3.13. The summed E-state index contributed by atoms with van der Waals surface area (Å²) in [4.78, 5) is 17.8. The molecule has 1 aromatic carbocycles. The van der Waals surface area contributed by atoms with E-state index in [4.69, 9.17) is 16.3 Å². The van der Waals surface area contributed by atoms with Crippen LogP contribution in [0.25, 0.3) is 10.9 Å². The van der Waals surface area contributed by atoms with Crippen molar-refractivity contribution in [3.63, 3.8) is 0 Å². The topological polar surface area (TPSA) is 45.3 Å². The number of carbonyl (C=O) groups is 1. The summed E-state index contributed by atoms with van der Waals surface area (Å²) in [7, 11) is 0. The fourth-order valence-corrected chi connectivity index (χ4v) is 3.48. The lowest BCUT2D eigenvalue weighted by Gasteiger charge is -2.23. The Labute approximate surface area is 142 Å². The maximum atomic E-state index is 12.8. The smallest absolute Gasteiger partial charge is 0.271 e. The van der Waals surface area contributed by atoms with Crippen LogP contribution in [-0.2, 0) is 4.74 Å². The summed E-state index contributed by atoms with van der Waals surface area (Å²) in [5.74, 6) is 0.368. The first-order valence-electron chi connectivity index (χ1n) is 7.44. The number of H-pyrrole nitrogens is 1. The Bertz CT molecular complexity index is 695. The monoisotopic (exact) mass is 384 g/mol. The number of amides is 1. The molecule has 0 bridgehead atoms. The molecule has 1 aliphatic heterocycles. The Morgan fingerprint density at radius 2 is 2.36 bits per heavy atom. The molecule has 2 aromatic rings. The summed E-state index contributed by atoms with van der Waals surface area (Å²) < 4.78 is 6.34. The van der Waals surface area contributed by atoms with E-state index in [9.17, 15) is 4.79 Å². The van der Waals surface area contributed by atoms with Crippen molar-refractivity contribution >= 4 is 44.3 Å². The van der Waals surface area contributed by atoms with Gasteiger partial charge in [-0.2, -0.15) is 0 Å². The summed E-state index contributed by atoms with van der Waals surface area (Å²) >= 11 is 9.85. The quantitative estimate of drug-likeness (QED) is 0.862. The lowest BCUT2D eigenvalue weighted by molar-refractivity contribution is 0.0726. The molecule has 118 valence electrons. The molecule has 0 spiro atoms. The summed E-state index contributed by atoms with van der Waals surface area (Å²) in [6.45, 7) is 4.88. The van der Waals surface area contributed by atoms with Crippen molar-refractivity contribution in [2.24, 2.45) is 5.92 Å². The van der Waals surface area contributed by atoms with E-state index in [0.29, 0.717) is 29.7 Å². The van der Waals surface area contributed by atoms with Gasteiger partial charge in [0, 0.05) is 41.0 Å². The zero-order valence-corrected chi connectivity index (χ0v) is 14.7. The van der Waals surface area contributed by atoms with Crippen LogP contribution in [0.5, 0.6) is 0 Å². The number of nitrogens with zero attached hydrogens (tertiary/aromatic N) is 1. The molecule has 3 rings (SSSR count). The molecule has 22 heavy (non-hydrogen) atoms. The number of fused-ring (bicyclic) bond motifs is 1. The van der Waals surface area contributed by atoms with E-state index in [1.165, 1.54) is 0 Å². The number of halogens is 2. The first-order chi connectivity index (χ1) is 10.6. The SMILES string of the molecule is CCN(CC1CCOC1)C(=O)c1[nH]c2ccc(Br)cc2c1Cl. The minimum absolute atomic E-state index is 0.0493. The largest absolute Gasteiger partial charge is 0.381 e. The Morgan fingerprint density at radius 1 is 1.55 bits per heavy atom. The van der Waals surface area contributed by atoms with Gasteiger partial charge in [0.05, 0.1) is 11.6 Å². The molecule has 1 saturated heterocycles. The lowest BCUT2D eigenvalue weighted by atomic mass is 10.1. The molecule has 6 heteroatoms. The first kappa shape index (κ1) is 15.8. The molecule has 1 aliphatic rings. The molecule has 2 heterocycles. The van der Waals surface area contributed by atoms with E-state index in [1.54, 1.807) is 0 Å². The maximum absolute atomic E-state index is 12.8. The number of carbonyl (C=O) groups excluding carboxylic acids is 1. The predicted octanol–water partition coefficient (Wildman–Crippen LogP) is 4.08. The van der Waals surface area contributed by atoms with E-state index in [-0.39, 0.29) is 5.91 Å². The van der Waals surface area contributed by atoms with Gasteiger partial charge in [0.25, 0.3) is 5.91 Å². The highest BCUT2D eigenvalue weighted by atomic mass is 79.9. The van der Waals surface area contributed by atoms with Crippen LogP contribution in [0.3, 0.4) is 0 Å². The normalized spacial score (nSPS) is 18.0. The second-order valence-electron chi connectivity index (χ2n) is 5.58. The van der Waals surface area contributed by atoms with Gasteiger partial charge < -0.3 is 14.6 Å². The van der Waals surface area contributed by atoms with E-state index >= 15 is 0 Å². The molecule has 1 atom stereocenters. The van der Waals surface area contributed by atoms with Gasteiger partial charge in [-0.1, -0.05) is 27.5 Å². The van der Waals surface area contributed by atoms with Gasteiger partial charge >= 0.3 is 0 Å². The van der Waals surface area contributed by atoms with Crippen LogP contribution in [0.4, 0.5) is 0 Å². The third kappa shape index (κ3) is 3.03. The van der Waals surface area contributed by atoms with Crippen molar-refractivity contribution in [1.29, 1.82) is 0 Å². The molecule has 0 saturated carbocycles. The van der Waals surface area contributed by atoms with Crippen molar-refractivity contribution in [3.05, 3.63) is 33.4 Å². The second kappa shape index (κ2) is 6.60. The zero-order valence-electron chi connectivity index (χ0n) is 12.4.